The highest BCUT2D eigenvalue weighted by Crippen LogP contribution is 2.40. The van der Waals surface area contributed by atoms with E-state index in [1.54, 1.807) is 6.07 Å². The number of hydrogen-bond donors (Lipinski definition) is 0. The van der Waals surface area contributed by atoms with Crippen molar-refractivity contribution in [3.05, 3.63) is 29.8 Å². The van der Waals surface area contributed by atoms with Gasteiger partial charge in [0.15, 0.2) is 0 Å². The van der Waals surface area contributed by atoms with Crippen LogP contribution in [0.3, 0.4) is 0 Å². The quantitative estimate of drug-likeness (QED) is 0.700. The van der Waals surface area contributed by atoms with Gasteiger partial charge in [0.05, 0.1) is 12.2 Å². The highest BCUT2D eigenvalue weighted by molar-refractivity contribution is 9.09. The lowest BCUT2D eigenvalue weighted by Gasteiger charge is -2.26. The second-order valence-corrected chi connectivity index (χ2v) is 5.72. The largest absolute Gasteiger partial charge is 0.493 e. The lowest BCUT2D eigenvalue weighted by molar-refractivity contribution is -0.137. The third kappa shape index (κ3) is 3.65. The molecule has 0 unspecified atom stereocenters. The normalized spacial score (nSPS) is 18.5. The van der Waals surface area contributed by atoms with E-state index < -0.39 is 11.7 Å². The van der Waals surface area contributed by atoms with Crippen LogP contribution >= 0.6 is 15.9 Å². The Hall–Kier alpha value is -0.710. The van der Waals surface area contributed by atoms with Crippen LogP contribution in [0.5, 0.6) is 5.75 Å². The predicted octanol–water partition coefficient (Wildman–Crippen LogP) is 5.04. The van der Waals surface area contributed by atoms with Gasteiger partial charge < -0.3 is 4.74 Å². The molecule has 1 saturated carbocycles. The highest BCUT2D eigenvalue weighted by Gasteiger charge is 2.34. The van der Waals surface area contributed by atoms with Gasteiger partial charge in [0, 0.05) is 10.7 Å². The Morgan fingerprint density at radius 2 is 1.89 bits per heavy atom. The number of halogens is 4. The van der Waals surface area contributed by atoms with Crippen molar-refractivity contribution in [1.29, 1.82) is 0 Å². The fourth-order valence-corrected chi connectivity index (χ4v) is 3.16. The Kier molecular flexibility index (Phi) is 4.43. The van der Waals surface area contributed by atoms with Crippen LogP contribution in [0.2, 0.25) is 0 Å². The van der Waals surface area contributed by atoms with Crippen LogP contribution in [0.25, 0.3) is 0 Å². The smallest absolute Gasteiger partial charge is 0.416 e. The maximum Gasteiger partial charge on any atom is 0.416 e. The average Bonchev–Trinajstić information content (AvgIpc) is 2.85. The molecule has 0 bridgehead atoms. The van der Waals surface area contributed by atoms with Crippen LogP contribution < -0.4 is 4.74 Å². The molecule has 0 radical (unpaired) electrons. The molecule has 0 atom stereocenters. The molecule has 106 valence electrons. The maximum absolute atomic E-state index is 12.6. The van der Waals surface area contributed by atoms with Gasteiger partial charge in [0.2, 0.25) is 0 Å². The highest BCUT2D eigenvalue weighted by atomic mass is 79.9. The summed E-state index contributed by atoms with van der Waals surface area (Å²) in [7, 11) is 0. The number of rotatable bonds is 4. The Morgan fingerprint density at radius 1 is 1.21 bits per heavy atom. The molecule has 1 fully saturated rings. The summed E-state index contributed by atoms with van der Waals surface area (Å²) in [6.07, 6.45) is 0.142. The zero-order chi connectivity index (χ0) is 13.9. The monoisotopic (exact) mass is 336 g/mol. The van der Waals surface area contributed by atoms with Gasteiger partial charge in [-0.2, -0.15) is 13.2 Å². The zero-order valence-corrected chi connectivity index (χ0v) is 12.1. The van der Waals surface area contributed by atoms with Crippen molar-refractivity contribution in [2.45, 2.75) is 31.9 Å². The van der Waals surface area contributed by atoms with Crippen molar-refractivity contribution in [1.82, 2.24) is 0 Å². The topological polar surface area (TPSA) is 9.23 Å². The molecule has 1 aromatic carbocycles. The Balaban J connectivity index is 2.03. The molecule has 5 heteroatoms. The number of alkyl halides is 4. The number of benzene rings is 1. The standard InChI is InChI=1S/C14H16BrF3O/c15-9-13(6-1-2-7-13)10-19-12-5-3-4-11(8-12)14(16,17)18/h3-5,8H,1-2,6-7,9-10H2. The van der Waals surface area contributed by atoms with E-state index in [0.29, 0.717) is 12.4 Å². The van der Waals surface area contributed by atoms with Crippen molar-refractivity contribution in [2.75, 3.05) is 11.9 Å². The third-order valence-electron chi connectivity index (χ3n) is 3.65. The van der Waals surface area contributed by atoms with E-state index in [1.165, 1.54) is 6.07 Å². The third-order valence-corrected chi connectivity index (χ3v) is 4.84. The van der Waals surface area contributed by atoms with Crippen LogP contribution in [0.15, 0.2) is 24.3 Å². The van der Waals surface area contributed by atoms with Crippen LogP contribution in [-0.4, -0.2) is 11.9 Å². The number of ether oxygens (including phenoxy) is 1. The summed E-state index contributed by atoms with van der Waals surface area (Å²) in [4.78, 5) is 0. The fraction of sp³-hybridized carbons (Fsp3) is 0.571. The molecule has 0 aromatic heterocycles. The van der Waals surface area contributed by atoms with E-state index in [0.717, 1.165) is 43.1 Å². The van der Waals surface area contributed by atoms with E-state index >= 15 is 0 Å². The lowest BCUT2D eigenvalue weighted by atomic mass is 9.90. The molecular formula is C14H16BrF3O. The summed E-state index contributed by atoms with van der Waals surface area (Å²) < 4.78 is 43.4. The van der Waals surface area contributed by atoms with Crippen LogP contribution in [0, 0.1) is 5.41 Å². The molecule has 0 saturated heterocycles. The van der Waals surface area contributed by atoms with Gasteiger partial charge in [-0.25, -0.2) is 0 Å². The molecule has 0 aliphatic heterocycles. The molecule has 0 N–H and O–H groups in total. The maximum atomic E-state index is 12.6. The van der Waals surface area contributed by atoms with E-state index in [9.17, 15) is 13.2 Å². The molecule has 0 amide bonds. The number of hydrogen-bond acceptors (Lipinski definition) is 1. The molecule has 19 heavy (non-hydrogen) atoms. The first-order valence-electron chi connectivity index (χ1n) is 6.31. The molecule has 1 nitrogen and oxygen atoms in total. The molecule has 1 aliphatic carbocycles. The minimum Gasteiger partial charge on any atom is -0.493 e. The van der Waals surface area contributed by atoms with E-state index in [4.69, 9.17) is 4.74 Å². The summed E-state index contributed by atoms with van der Waals surface area (Å²) >= 11 is 3.49. The van der Waals surface area contributed by atoms with Gasteiger partial charge in [-0.05, 0) is 31.0 Å². The molecule has 2 rings (SSSR count). The van der Waals surface area contributed by atoms with Gasteiger partial charge >= 0.3 is 6.18 Å². The van der Waals surface area contributed by atoms with E-state index in [1.807, 2.05) is 0 Å². The van der Waals surface area contributed by atoms with Gasteiger partial charge in [0.25, 0.3) is 0 Å². The first-order valence-corrected chi connectivity index (χ1v) is 7.43. The predicted molar refractivity (Wildman–Crippen MR) is 71.6 cm³/mol. The van der Waals surface area contributed by atoms with Crippen molar-refractivity contribution >= 4 is 15.9 Å². The average molecular weight is 337 g/mol. The Labute approximate surface area is 119 Å². The summed E-state index contributed by atoms with van der Waals surface area (Å²) in [5.41, 5.74) is -0.585. The lowest BCUT2D eigenvalue weighted by Crippen LogP contribution is -2.27. The summed E-state index contributed by atoms with van der Waals surface area (Å²) in [6, 6.07) is 5.08. The first kappa shape index (κ1) is 14.7. The fourth-order valence-electron chi connectivity index (χ4n) is 2.44. The van der Waals surface area contributed by atoms with E-state index in [-0.39, 0.29) is 5.41 Å². The summed E-state index contributed by atoms with van der Waals surface area (Å²) in [5.74, 6) is 0.294. The van der Waals surface area contributed by atoms with Gasteiger partial charge in [-0.1, -0.05) is 34.8 Å². The zero-order valence-electron chi connectivity index (χ0n) is 10.5. The molecule has 1 aromatic rings. The Bertz CT molecular complexity index is 425. The van der Waals surface area contributed by atoms with Gasteiger partial charge in [-0.3, -0.25) is 0 Å². The minimum atomic E-state index is -4.32. The Morgan fingerprint density at radius 3 is 2.47 bits per heavy atom. The molecule has 1 aliphatic rings. The second-order valence-electron chi connectivity index (χ2n) is 5.16. The molecule has 0 spiro atoms. The minimum absolute atomic E-state index is 0.0776. The van der Waals surface area contributed by atoms with Crippen LogP contribution in [0.1, 0.15) is 31.2 Å². The van der Waals surface area contributed by atoms with Gasteiger partial charge in [0.1, 0.15) is 5.75 Å². The van der Waals surface area contributed by atoms with Gasteiger partial charge in [-0.15, -0.1) is 0 Å². The van der Waals surface area contributed by atoms with Crippen LogP contribution in [-0.2, 0) is 6.18 Å². The molecular weight excluding hydrogens is 321 g/mol. The van der Waals surface area contributed by atoms with Crippen molar-refractivity contribution < 1.29 is 17.9 Å². The second kappa shape index (κ2) is 5.73. The van der Waals surface area contributed by atoms with Crippen molar-refractivity contribution in [2.24, 2.45) is 5.41 Å². The van der Waals surface area contributed by atoms with Crippen molar-refractivity contribution in [3.63, 3.8) is 0 Å². The molecule has 0 heterocycles. The van der Waals surface area contributed by atoms with Crippen LogP contribution in [0.4, 0.5) is 13.2 Å². The summed E-state index contributed by atoms with van der Waals surface area (Å²) in [5, 5.41) is 0.832. The summed E-state index contributed by atoms with van der Waals surface area (Å²) in [6.45, 7) is 0.472. The van der Waals surface area contributed by atoms with E-state index in [2.05, 4.69) is 15.9 Å². The van der Waals surface area contributed by atoms with Crippen molar-refractivity contribution in [3.8, 4) is 5.75 Å². The SMILES string of the molecule is FC(F)(F)c1cccc(OCC2(CBr)CCCC2)c1. The first-order chi connectivity index (χ1) is 8.95.